The van der Waals surface area contributed by atoms with Gasteiger partial charge in [-0.2, -0.15) is 0 Å². The van der Waals surface area contributed by atoms with Gasteiger partial charge < -0.3 is 14.2 Å². The van der Waals surface area contributed by atoms with Crippen LogP contribution in [0.15, 0.2) is 36.5 Å². The van der Waals surface area contributed by atoms with Crippen LogP contribution in [0.4, 0.5) is 4.39 Å². The summed E-state index contributed by atoms with van der Waals surface area (Å²) in [4.78, 5) is 14.5. The van der Waals surface area contributed by atoms with Crippen molar-refractivity contribution in [3.05, 3.63) is 58.6 Å². The zero-order valence-corrected chi connectivity index (χ0v) is 12.9. The number of amides is 1. The Bertz CT molecular complexity index is 701. The molecule has 4 nitrogen and oxygen atoms in total. The third-order valence-corrected chi connectivity index (χ3v) is 4.19. The van der Waals surface area contributed by atoms with Crippen LogP contribution < -0.4 is 0 Å². The van der Waals surface area contributed by atoms with Gasteiger partial charge in [-0.05, 0) is 30.3 Å². The van der Waals surface area contributed by atoms with Gasteiger partial charge in [0.15, 0.2) is 0 Å². The maximum Gasteiger partial charge on any atom is 0.256 e. The van der Waals surface area contributed by atoms with Crippen molar-refractivity contribution in [2.75, 3.05) is 19.8 Å². The third-order valence-electron chi connectivity index (χ3n) is 3.88. The van der Waals surface area contributed by atoms with E-state index in [1.165, 1.54) is 12.1 Å². The lowest BCUT2D eigenvalue weighted by molar-refractivity contribution is -0.00462. The largest absolute Gasteiger partial charge is 0.377 e. The molecule has 1 aromatic heterocycles. The average Bonchev–Trinajstić information content (AvgIpc) is 2.93. The molecule has 0 radical (unpaired) electrons. The molecule has 1 unspecified atom stereocenters. The molecule has 1 atom stereocenters. The van der Waals surface area contributed by atoms with Crippen LogP contribution in [0, 0.1) is 5.82 Å². The first-order chi connectivity index (χ1) is 10.6. The number of rotatable bonds is 2. The Balaban J connectivity index is 1.93. The van der Waals surface area contributed by atoms with Crippen molar-refractivity contribution in [2.24, 2.45) is 7.05 Å². The smallest absolute Gasteiger partial charge is 0.256 e. The van der Waals surface area contributed by atoms with E-state index in [1.807, 2.05) is 29.9 Å². The van der Waals surface area contributed by atoms with Crippen LogP contribution in [0.3, 0.4) is 0 Å². The van der Waals surface area contributed by atoms with E-state index in [2.05, 4.69) is 0 Å². The normalized spacial score (nSPS) is 18.5. The molecule has 1 aromatic carbocycles. The summed E-state index contributed by atoms with van der Waals surface area (Å²) in [6.07, 6.45) is 1.93. The van der Waals surface area contributed by atoms with Crippen LogP contribution in [-0.2, 0) is 11.8 Å². The van der Waals surface area contributed by atoms with Crippen LogP contribution in [0.5, 0.6) is 0 Å². The number of ether oxygens (including phenoxy) is 1. The van der Waals surface area contributed by atoms with Gasteiger partial charge in [0.25, 0.3) is 5.91 Å². The van der Waals surface area contributed by atoms with Crippen LogP contribution in [0.1, 0.15) is 22.1 Å². The van der Waals surface area contributed by atoms with Gasteiger partial charge in [-0.15, -0.1) is 0 Å². The molecule has 2 heterocycles. The Morgan fingerprint density at radius 1 is 1.41 bits per heavy atom. The molecule has 0 N–H and O–H groups in total. The Kier molecular flexibility index (Phi) is 4.18. The summed E-state index contributed by atoms with van der Waals surface area (Å²) in [7, 11) is 1.93. The number of halogens is 2. The van der Waals surface area contributed by atoms with E-state index in [9.17, 15) is 9.18 Å². The van der Waals surface area contributed by atoms with Crippen molar-refractivity contribution in [1.29, 1.82) is 0 Å². The van der Waals surface area contributed by atoms with Crippen LogP contribution in [0.25, 0.3) is 0 Å². The van der Waals surface area contributed by atoms with Gasteiger partial charge in [0.1, 0.15) is 5.82 Å². The first kappa shape index (κ1) is 15.1. The highest BCUT2D eigenvalue weighted by Crippen LogP contribution is 2.28. The van der Waals surface area contributed by atoms with Crippen molar-refractivity contribution >= 4 is 17.5 Å². The first-order valence-corrected chi connectivity index (χ1v) is 7.40. The molecular formula is C16H16ClFN2O2. The molecule has 1 aliphatic rings. The summed E-state index contributed by atoms with van der Waals surface area (Å²) in [6, 6.07) is 7.55. The predicted molar refractivity (Wildman–Crippen MR) is 81.4 cm³/mol. The molecule has 3 rings (SSSR count). The van der Waals surface area contributed by atoms with Crippen LogP contribution in [0.2, 0.25) is 5.02 Å². The molecular weight excluding hydrogens is 307 g/mol. The highest BCUT2D eigenvalue weighted by molar-refractivity contribution is 6.33. The maximum absolute atomic E-state index is 13.2. The number of carbonyl (C=O) groups is 1. The second-order valence-corrected chi connectivity index (χ2v) is 5.66. The second kappa shape index (κ2) is 6.10. The van der Waals surface area contributed by atoms with Crippen molar-refractivity contribution in [2.45, 2.75) is 6.04 Å². The number of benzene rings is 1. The Morgan fingerprint density at radius 3 is 2.91 bits per heavy atom. The lowest BCUT2D eigenvalue weighted by Gasteiger charge is -2.36. The summed E-state index contributed by atoms with van der Waals surface area (Å²) in [5, 5.41) is 0.127. The van der Waals surface area contributed by atoms with Gasteiger partial charge in [-0.3, -0.25) is 4.79 Å². The fourth-order valence-corrected chi connectivity index (χ4v) is 2.98. The van der Waals surface area contributed by atoms with Crippen molar-refractivity contribution in [1.82, 2.24) is 9.47 Å². The van der Waals surface area contributed by atoms with Crippen LogP contribution in [-0.4, -0.2) is 35.1 Å². The minimum Gasteiger partial charge on any atom is -0.377 e. The zero-order chi connectivity index (χ0) is 15.7. The predicted octanol–water partition coefficient (Wildman–Crippen LogP) is 3.03. The molecule has 0 spiro atoms. The second-order valence-electron chi connectivity index (χ2n) is 5.26. The van der Waals surface area contributed by atoms with E-state index >= 15 is 0 Å². The number of aryl methyl sites for hydroxylation is 1. The van der Waals surface area contributed by atoms with Gasteiger partial charge in [0.05, 0.1) is 29.8 Å². The van der Waals surface area contributed by atoms with Crippen molar-refractivity contribution < 1.29 is 13.9 Å². The van der Waals surface area contributed by atoms with Crippen molar-refractivity contribution in [3.63, 3.8) is 0 Å². The minimum absolute atomic E-state index is 0.127. The van der Waals surface area contributed by atoms with E-state index in [0.717, 1.165) is 11.8 Å². The quantitative estimate of drug-likeness (QED) is 0.851. The fraction of sp³-hybridized carbons (Fsp3) is 0.312. The van der Waals surface area contributed by atoms with Gasteiger partial charge in [-0.25, -0.2) is 4.39 Å². The van der Waals surface area contributed by atoms with E-state index in [0.29, 0.717) is 25.3 Å². The molecule has 6 heteroatoms. The minimum atomic E-state index is -0.456. The molecule has 116 valence electrons. The molecule has 22 heavy (non-hydrogen) atoms. The highest BCUT2D eigenvalue weighted by Gasteiger charge is 2.31. The molecule has 1 saturated heterocycles. The van der Waals surface area contributed by atoms with E-state index < -0.39 is 5.82 Å². The number of hydrogen-bond donors (Lipinski definition) is 0. The number of aromatic nitrogens is 1. The lowest BCUT2D eigenvalue weighted by Crippen LogP contribution is -2.44. The number of hydrogen-bond acceptors (Lipinski definition) is 2. The molecule has 0 aliphatic carbocycles. The summed E-state index contributed by atoms with van der Waals surface area (Å²) in [5.41, 5.74) is 1.30. The standard InChI is InChI=1S/C16H16ClFN2O2/c1-19-6-2-3-14(19)15-10-22-8-7-20(15)16(21)12-5-4-11(18)9-13(12)17/h2-6,9,15H,7-8,10H2,1H3. The number of nitrogens with zero attached hydrogens (tertiary/aromatic N) is 2. The maximum atomic E-state index is 13.2. The summed E-state index contributed by atoms with van der Waals surface area (Å²) < 4.78 is 20.7. The summed E-state index contributed by atoms with van der Waals surface area (Å²) in [5.74, 6) is -0.665. The van der Waals surface area contributed by atoms with Gasteiger partial charge >= 0.3 is 0 Å². The Hall–Kier alpha value is -1.85. The van der Waals surface area contributed by atoms with Crippen molar-refractivity contribution in [3.8, 4) is 0 Å². The fourth-order valence-electron chi connectivity index (χ4n) is 2.73. The summed E-state index contributed by atoms with van der Waals surface area (Å²) >= 11 is 6.02. The molecule has 0 saturated carbocycles. The topological polar surface area (TPSA) is 34.5 Å². The first-order valence-electron chi connectivity index (χ1n) is 7.03. The number of carbonyl (C=O) groups excluding carboxylic acids is 1. The molecule has 1 aliphatic heterocycles. The SMILES string of the molecule is Cn1cccc1C1COCCN1C(=O)c1ccc(F)cc1Cl. The third kappa shape index (κ3) is 2.74. The van der Waals surface area contributed by atoms with E-state index in [4.69, 9.17) is 16.3 Å². The summed E-state index contributed by atoms with van der Waals surface area (Å²) in [6.45, 7) is 1.39. The zero-order valence-electron chi connectivity index (χ0n) is 12.1. The number of morpholine rings is 1. The molecule has 1 fully saturated rings. The molecule has 0 bridgehead atoms. The monoisotopic (exact) mass is 322 g/mol. The Morgan fingerprint density at radius 2 is 2.23 bits per heavy atom. The van der Waals surface area contributed by atoms with Crippen LogP contribution >= 0.6 is 11.6 Å². The highest BCUT2D eigenvalue weighted by atomic mass is 35.5. The Labute approximate surface area is 133 Å². The average molecular weight is 323 g/mol. The van der Waals surface area contributed by atoms with Gasteiger partial charge in [0, 0.05) is 25.5 Å². The molecule has 2 aromatic rings. The van der Waals surface area contributed by atoms with Gasteiger partial charge in [-0.1, -0.05) is 11.6 Å². The van der Waals surface area contributed by atoms with Gasteiger partial charge in [0.2, 0.25) is 0 Å². The van der Waals surface area contributed by atoms with E-state index in [1.54, 1.807) is 4.90 Å². The lowest BCUT2D eigenvalue weighted by atomic mass is 10.1. The van der Waals surface area contributed by atoms with E-state index in [-0.39, 0.29) is 17.0 Å². The molecule has 1 amide bonds.